The molecule has 1 saturated heterocycles. The first kappa shape index (κ1) is 16.8. The van der Waals surface area contributed by atoms with E-state index in [9.17, 15) is 0 Å². The van der Waals surface area contributed by atoms with Gasteiger partial charge in [0.05, 0.1) is 24.6 Å². The zero-order valence-electron chi connectivity index (χ0n) is 15.7. The van der Waals surface area contributed by atoms with Crippen LogP contribution in [-0.2, 0) is 24.1 Å². The summed E-state index contributed by atoms with van der Waals surface area (Å²) in [6.45, 7) is 4.37. The summed E-state index contributed by atoms with van der Waals surface area (Å²) in [6, 6.07) is 10.9. The third kappa shape index (κ3) is 3.22. The van der Waals surface area contributed by atoms with Gasteiger partial charge in [-0.3, -0.25) is 4.90 Å². The van der Waals surface area contributed by atoms with Crippen molar-refractivity contribution in [3.8, 4) is 11.3 Å². The van der Waals surface area contributed by atoms with Gasteiger partial charge in [0.2, 0.25) is 0 Å². The number of imidazole rings is 1. The predicted octanol–water partition coefficient (Wildman–Crippen LogP) is 3.29. The van der Waals surface area contributed by atoms with Gasteiger partial charge in [0, 0.05) is 37.1 Å². The van der Waals surface area contributed by atoms with Crippen LogP contribution in [0.25, 0.3) is 16.9 Å². The number of fused-ring (bicyclic) bond motifs is 2. The van der Waals surface area contributed by atoms with Crippen molar-refractivity contribution >= 4 is 11.3 Å². The van der Waals surface area contributed by atoms with Crippen molar-refractivity contribution in [3.63, 3.8) is 0 Å². The van der Waals surface area contributed by atoms with E-state index in [4.69, 9.17) is 15.5 Å². The molecule has 27 heavy (non-hydrogen) atoms. The molecule has 0 radical (unpaired) electrons. The number of hydrogen-bond donors (Lipinski definition) is 1. The van der Waals surface area contributed by atoms with Crippen LogP contribution in [0.4, 0.5) is 5.69 Å². The largest absolute Gasteiger partial charge is 0.398 e. The lowest BCUT2D eigenvalue weighted by molar-refractivity contribution is 0.0336. The summed E-state index contributed by atoms with van der Waals surface area (Å²) < 4.78 is 7.68. The highest BCUT2D eigenvalue weighted by atomic mass is 16.5. The molecule has 1 fully saturated rings. The first-order valence-electron chi connectivity index (χ1n) is 9.97. The maximum Gasteiger partial charge on any atom is 0.137 e. The van der Waals surface area contributed by atoms with Crippen LogP contribution in [0.15, 0.2) is 36.5 Å². The summed E-state index contributed by atoms with van der Waals surface area (Å²) in [5.41, 5.74) is 14.3. The molecule has 2 aromatic heterocycles. The Morgan fingerprint density at radius 3 is 2.67 bits per heavy atom. The number of nitrogens with zero attached hydrogens (tertiary/aromatic N) is 3. The normalized spacial score (nSPS) is 17.9. The number of ether oxygens (including phenoxy) is 1. The smallest absolute Gasteiger partial charge is 0.137 e. The molecule has 0 saturated carbocycles. The van der Waals surface area contributed by atoms with E-state index in [1.807, 2.05) is 18.3 Å². The van der Waals surface area contributed by atoms with Crippen LogP contribution in [0.3, 0.4) is 0 Å². The molecular weight excluding hydrogens is 336 g/mol. The van der Waals surface area contributed by atoms with E-state index in [1.54, 1.807) is 0 Å². The van der Waals surface area contributed by atoms with Crippen LogP contribution in [0.5, 0.6) is 0 Å². The van der Waals surface area contributed by atoms with E-state index in [-0.39, 0.29) is 0 Å². The van der Waals surface area contributed by atoms with Crippen molar-refractivity contribution in [2.75, 3.05) is 32.0 Å². The second kappa shape index (κ2) is 6.98. The van der Waals surface area contributed by atoms with Gasteiger partial charge >= 0.3 is 0 Å². The highest BCUT2D eigenvalue weighted by Crippen LogP contribution is 2.31. The average molecular weight is 362 g/mol. The number of anilines is 1. The van der Waals surface area contributed by atoms with E-state index in [0.29, 0.717) is 0 Å². The minimum atomic E-state index is 0.764. The molecule has 0 unspecified atom stereocenters. The molecule has 2 N–H and O–H groups in total. The lowest BCUT2D eigenvalue weighted by atomic mass is 9.90. The fourth-order valence-corrected chi connectivity index (χ4v) is 4.34. The minimum absolute atomic E-state index is 0.764. The Bertz CT molecular complexity index is 972. The first-order valence-corrected chi connectivity index (χ1v) is 9.97. The Morgan fingerprint density at radius 2 is 1.81 bits per heavy atom. The maximum absolute atomic E-state index is 6.08. The topological polar surface area (TPSA) is 55.8 Å². The van der Waals surface area contributed by atoms with Crippen molar-refractivity contribution in [2.24, 2.45) is 0 Å². The first-order chi connectivity index (χ1) is 13.3. The molecule has 0 amide bonds. The zero-order chi connectivity index (χ0) is 18.2. The fraction of sp³-hybridized carbons (Fsp3) is 0.409. The van der Waals surface area contributed by atoms with E-state index in [0.717, 1.165) is 49.9 Å². The number of benzene rings is 1. The second-order valence-corrected chi connectivity index (χ2v) is 7.68. The summed E-state index contributed by atoms with van der Waals surface area (Å²) in [5.74, 6) is 0. The number of aromatic nitrogens is 2. The molecule has 140 valence electrons. The van der Waals surface area contributed by atoms with Crippen LogP contribution in [-0.4, -0.2) is 40.6 Å². The third-order valence-electron chi connectivity index (χ3n) is 5.84. The third-order valence-corrected chi connectivity index (χ3v) is 5.84. The zero-order valence-corrected chi connectivity index (χ0v) is 15.7. The average Bonchev–Trinajstić information content (AvgIpc) is 3.06. The molecule has 5 rings (SSSR count). The van der Waals surface area contributed by atoms with Gasteiger partial charge in [-0.1, -0.05) is 12.1 Å². The monoisotopic (exact) mass is 362 g/mol. The molecule has 5 nitrogen and oxygen atoms in total. The minimum Gasteiger partial charge on any atom is -0.398 e. The molecule has 1 aromatic carbocycles. The highest BCUT2D eigenvalue weighted by Gasteiger charge is 2.20. The molecule has 1 aliphatic heterocycles. The van der Waals surface area contributed by atoms with Gasteiger partial charge in [-0.25, -0.2) is 4.98 Å². The van der Waals surface area contributed by atoms with Crippen molar-refractivity contribution in [1.29, 1.82) is 0 Å². The van der Waals surface area contributed by atoms with E-state index < -0.39 is 0 Å². The summed E-state index contributed by atoms with van der Waals surface area (Å²) in [7, 11) is 0. The summed E-state index contributed by atoms with van der Waals surface area (Å²) in [6.07, 6.45) is 6.99. The van der Waals surface area contributed by atoms with E-state index >= 15 is 0 Å². The van der Waals surface area contributed by atoms with Gasteiger partial charge in [-0.05, 0) is 55.0 Å². The van der Waals surface area contributed by atoms with Crippen molar-refractivity contribution in [2.45, 2.75) is 32.2 Å². The Kier molecular flexibility index (Phi) is 4.34. The SMILES string of the molecule is Nc1ccc2nc(-c3ccc4c(c3)CCCC4)c(CN3CCOCC3)n2c1. The summed E-state index contributed by atoms with van der Waals surface area (Å²) >= 11 is 0. The lowest BCUT2D eigenvalue weighted by Crippen LogP contribution is -2.36. The van der Waals surface area contributed by atoms with Gasteiger partial charge in [0.25, 0.3) is 0 Å². The molecule has 5 heteroatoms. The van der Waals surface area contributed by atoms with Crippen LogP contribution in [0.1, 0.15) is 29.7 Å². The Hall–Kier alpha value is -2.37. The Labute approximate surface area is 159 Å². The molecule has 2 aliphatic rings. The van der Waals surface area contributed by atoms with E-state index in [2.05, 4.69) is 27.5 Å². The number of aryl methyl sites for hydroxylation is 2. The standard InChI is InChI=1S/C22H26N4O/c23-19-7-8-21-24-22(18-6-5-16-3-1-2-4-17(16)13-18)20(26(21)14-19)15-25-9-11-27-12-10-25/h5-8,13-14H,1-4,9-12,15,23H2. The van der Waals surface area contributed by atoms with Gasteiger partial charge in [0.1, 0.15) is 5.65 Å². The molecule has 1 aliphatic carbocycles. The highest BCUT2D eigenvalue weighted by molar-refractivity contribution is 5.68. The number of hydrogen-bond acceptors (Lipinski definition) is 4. The van der Waals surface area contributed by atoms with Gasteiger partial charge in [0.15, 0.2) is 0 Å². The molecule has 3 aromatic rings. The van der Waals surface area contributed by atoms with Crippen molar-refractivity contribution in [3.05, 3.63) is 53.3 Å². The Balaban J connectivity index is 1.61. The molecule has 0 atom stereocenters. The quantitative estimate of drug-likeness (QED) is 0.777. The molecule has 3 heterocycles. The number of rotatable bonds is 3. The van der Waals surface area contributed by atoms with E-state index in [1.165, 1.54) is 48.1 Å². The number of morpholine rings is 1. The van der Waals surface area contributed by atoms with Crippen LogP contribution < -0.4 is 5.73 Å². The molecular formula is C22H26N4O. The Morgan fingerprint density at radius 1 is 1.00 bits per heavy atom. The van der Waals surface area contributed by atoms with Gasteiger partial charge in [-0.15, -0.1) is 0 Å². The van der Waals surface area contributed by atoms with Crippen molar-refractivity contribution < 1.29 is 4.74 Å². The number of pyridine rings is 1. The maximum atomic E-state index is 6.08. The van der Waals surface area contributed by atoms with Gasteiger partial charge < -0.3 is 14.9 Å². The fourth-order valence-electron chi connectivity index (χ4n) is 4.34. The summed E-state index contributed by atoms with van der Waals surface area (Å²) in [4.78, 5) is 7.43. The van der Waals surface area contributed by atoms with Crippen molar-refractivity contribution in [1.82, 2.24) is 14.3 Å². The molecule has 0 bridgehead atoms. The van der Waals surface area contributed by atoms with Crippen LogP contribution in [0, 0.1) is 0 Å². The predicted molar refractivity (Wildman–Crippen MR) is 108 cm³/mol. The number of nitrogen functional groups attached to an aromatic ring is 1. The number of nitrogens with two attached hydrogens (primary N) is 1. The molecule has 0 spiro atoms. The lowest BCUT2D eigenvalue weighted by Gasteiger charge is -2.26. The second-order valence-electron chi connectivity index (χ2n) is 7.68. The van der Waals surface area contributed by atoms with Crippen LogP contribution in [0.2, 0.25) is 0 Å². The van der Waals surface area contributed by atoms with Gasteiger partial charge in [-0.2, -0.15) is 0 Å². The summed E-state index contributed by atoms with van der Waals surface area (Å²) in [5, 5.41) is 0. The van der Waals surface area contributed by atoms with Crippen LogP contribution >= 0.6 is 0 Å².